The van der Waals surface area contributed by atoms with Crippen molar-refractivity contribution in [2.75, 3.05) is 33.0 Å². The van der Waals surface area contributed by atoms with Gasteiger partial charge in [-0.15, -0.1) is 6.61 Å². The van der Waals surface area contributed by atoms with Gasteiger partial charge >= 0.3 is 70.7 Å². The molecule has 0 radical (unpaired) electrons. The minimum absolute atomic E-state index is 0. The van der Waals surface area contributed by atoms with Crippen LogP contribution in [0.3, 0.4) is 0 Å². The van der Waals surface area contributed by atoms with Gasteiger partial charge in [0.15, 0.2) is 0 Å². The summed E-state index contributed by atoms with van der Waals surface area (Å²) in [6.07, 6.45) is 29.0. The molecule has 5 aliphatic carbocycles. The predicted molar refractivity (Wildman–Crippen MR) is 186 cm³/mol. The van der Waals surface area contributed by atoms with Crippen molar-refractivity contribution in [1.82, 2.24) is 5.23 Å². The molecule has 0 spiro atoms. The van der Waals surface area contributed by atoms with Crippen molar-refractivity contribution in [2.24, 2.45) is 23.5 Å². The molecule has 5 rings (SSSR count). The number of aliphatic hydroxyl groups is 1. The molecule has 5 aliphatic rings. The molecule has 5 N–H and O–H groups in total. The monoisotopic (exact) mass is 734 g/mol. The average Bonchev–Trinajstić information content (AvgIpc) is 3.64. The van der Waals surface area contributed by atoms with Crippen molar-refractivity contribution in [2.45, 2.75) is 148 Å². The summed E-state index contributed by atoms with van der Waals surface area (Å²) >= 11 is 0. The fourth-order valence-electron chi connectivity index (χ4n) is 5.68. The van der Waals surface area contributed by atoms with Gasteiger partial charge in [0.05, 0.1) is 0 Å². The Labute approximate surface area is 327 Å². The number of hydrogen-bond acceptors (Lipinski definition) is 6. The molecule has 6 nitrogen and oxygen atoms in total. The van der Waals surface area contributed by atoms with Gasteiger partial charge in [0.25, 0.3) is 0 Å². The van der Waals surface area contributed by atoms with Gasteiger partial charge in [0.1, 0.15) is 0 Å². The van der Waals surface area contributed by atoms with Crippen LogP contribution < -0.4 is 45.6 Å². The molecule has 5 saturated carbocycles. The van der Waals surface area contributed by atoms with E-state index in [9.17, 15) is 5.11 Å². The maximum Gasteiger partial charge on any atom is 2.00 e. The Kier molecular flexibility index (Phi) is 63.2. The first kappa shape index (κ1) is 62.0. The van der Waals surface area contributed by atoms with Crippen molar-refractivity contribution in [3.63, 3.8) is 0 Å². The molecule has 0 saturated heterocycles. The Hall–Kier alpha value is 1.86. The molecule has 2 unspecified atom stereocenters. The maximum atomic E-state index is 10.2. The molecule has 5 fully saturated rings. The van der Waals surface area contributed by atoms with Gasteiger partial charge in [-0.2, -0.15) is 0 Å². The molecular formula is C35H76BFe2N2NaO4. The third-order valence-electron chi connectivity index (χ3n) is 8.40. The first-order valence-corrected chi connectivity index (χ1v) is 16.5. The fourth-order valence-corrected chi connectivity index (χ4v) is 5.68. The Balaban J connectivity index is -0.0000000796. The summed E-state index contributed by atoms with van der Waals surface area (Å²) in [5.41, 5.74) is 5.38. The molecule has 0 amide bonds. The number of unbranched alkanes of at least 4 members (excludes halogenated alkanes) is 1. The molecule has 0 heterocycles. The van der Waals surface area contributed by atoms with Gasteiger partial charge in [0.2, 0.25) is 0 Å². The van der Waals surface area contributed by atoms with Gasteiger partial charge in [-0.05, 0) is 76.1 Å². The number of hydrogen-bond donors (Lipinski definition) is 4. The van der Waals surface area contributed by atoms with E-state index in [4.69, 9.17) is 20.6 Å². The zero-order valence-electron chi connectivity index (χ0n) is 30.8. The topological polar surface area (TPSA) is 111 Å². The number of nitrogens with one attached hydrogen (secondary N) is 1. The summed E-state index contributed by atoms with van der Waals surface area (Å²) in [5.74, 6) is 1.79. The molecule has 270 valence electrons. The second-order valence-corrected chi connectivity index (χ2v) is 12.2. The molecule has 0 bridgehead atoms. The van der Waals surface area contributed by atoms with Gasteiger partial charge in [-0.1, -0.05) is 89.9 Å². The van der Waals surface area contributed by atoms with E-state index in [2.05, 4.69) is 5.23 Å². The Morgan fingerprint density at radius 1 is 0.733 bits per heavy atom. The first-order chi connectivity index (χ1) is 18.6. The molecule has 2 atom stereocenters. The maximum absolute atomic E-state index is 10.2. The predicted octanol–water partition coefficient (Wildman–Crippen LogP) is 4.24. The summed E-state index contributed by atoms with van der Waals surface area (Å²) in [6, 6.07) is 0.294. The van der Waals surface area contributed by atoms with Crippen LogP contribution in [0.25, 0.3) is 0 Å². The number of nitrogens with two attached hydrogens (primary N) is 1. The summed E-state index contributed by atoms with van der Waals surface area (Å²) in [4.78, 5) is 0. The van der Waals surface area contributed by atoms with Gasteiger partial charge < -0.3 is 60.6 Å². The van der Waals surface area contributed by atoms with E-state index < -0.39 is 7.05 Å². The summed E-state index contributed by atoms with van der Waals surface area (Å²) in [7, 11) is -0.466. The molecule has 0 aliphatic heterocycles. The summed E-state index contributed by atoms with van der Waals surface area (Å²) < 4.78 is 5.56. The van der Waals surface area contributed by atoms with Crippen LogP contribution in [0.5, 0.6) is 0 Å². The van der Waals surface area contributed by atoms with Gasteiger partial charge in [0, 0.05) is 25.9 Å². The van der Waals surface area contributed by atoms with Crippen LogP contribution in [-0.2, 0) is 38.9 Å². The van der Waals surface area contributed by atoms with Crippen molar-refractivity contribution < 1.29 is 83.7 Å². The Morgan fingerprint density at radius 2 is 1.13 bits per heavy atom. The zero-order chi connectivity index (χ0) is 27.7. The van der Waals surface area contributed by atoms with Gasteiger partial charge in [-0.3, -0.25) is 0 Å². The van der Waals surface area contributed by atoms with E-state index in [1.54, 1.807) is 6.82 Å². The zero-order valence-corrected chi connectivity index (χ0v) is 35.0. The molecule has 0 aromatic rings. The van der Waals surface area contributed by atoms with Gasteiger partial charge in [-0.25, -0.2) is 0 Å². The average molecular weight is 734 g/mol. The Bertz CT molecular complexity index is 475. The van der Waals surface area contributed by atoms with Crippen LogP contribution in [0, 0.1) is 47.5 Å². The van der Waals surface area contributed by atoms with E-state index in [1.807, 2.05) is 0 Å². The van der Waals surface area contributed by atoms with E-state index in [0.29, 0.717) is 18.6 Å². The first-order valence-electron chi connectivity index (χ1n) is 16.5. The normalized spacial score (nSPS) is 20.5. The van der Waals surface area contributed by atoms with Crippen LogP contribution in [-0.4, -0.2) is 56.2 Å². The minimum atomic E-state index is -0.466. The van der Waals surface area contributed by atoms with Crippen molar-refractivity contribution in [1.29, 1.82) is 0 Å². The number of aliphatic hydroxyl groups excluding tert-OH is 1. The molecule has 0 aromatic carbocycles. The van der Waals surface area contributed by atoms with Crippen LogP contribution in [0.15, 0.2) is 0 Å². The summed E-state index contributed by atoms with van der Waals surface area (Å²) in [5, 5.41) is 30.4. The Morgan fingerprint density at radius 3 is 1.42 bits per heavy atom. The van der Waals surface area contributed by atoms with Crippen LogP contribution in [0.2, 0.25) is 6.82 Å². The largest absolute Gasteiger partial charge is 2.00 e. The van der Waals surface area contributed by atoms with E-state index in [0.717, 1.165) is 44.9 Å². The molecular weight excluding hydrogens is 658 g/mol. The third kappa shape index (κ3) is 40.2. The SMILES string of the molecule is C1CCCC1.C1CCCC1.CB(O)NC1CC1C[O-].NCCCCOCC1CCCC1.OCC1CCCC1.[CH3-].[CH3-].[CH3-].[CH3-].[Fe+2].[Fe+2].[Na+]. The van der Waals surface area contributed by atoms with E-state index in [1.165, 1.54) is 116 Å². The van der Waals surface area contributed by atoms with E-state index in [-0.39, 0.29) is 106 Å². The van der Waals surface area contributed by atoms with Crippen LogP contribution in [0.1, 0.15) is 135 Å². The summed E-state index contributed by atoms with van der Waals surface area (Å²) in [6.45, 7) is 4.77. The smallest absolute Gasteiger partial charge is 0.854 e. The number of ether oxygens (including phenoxy) is 1. The van der Waals surface area contributed by atoms with Crippen molar-refractivity contribution in [3.8, 4) is 0 Å². The van der Waals surface area contributed by atoms with E-state index >= 15 is 0 Å². The minimum Gasteiger partial charge on any atom is -0.854 e. The standard InChI is InChI=1S/C10H21NO.C6H12O.C5H11BNO2.2C5H10.4CH3.2Fe.Na/c11-7-3-4-8-12-9-10-5-1-2-6-10;7-5-6-3-1-2-4-6;1-6(9)7-5-2-4(5)3-8;2*1-2-4-5-3-1;;;;;;;/h10H,1-9,11H2;6-7H,1-5H2;4-5,7,9H,2-3H2,1H3;2*1-5H2;4*1H3;;;/q;;-1;;;4*-1;2*+2;+1. The third-order valence-corrected chi connectivity index (χ3v) is 8.40. The van der Waals surface area contributed by atoms with Crippen molar-refractivity contribution in [3.05, 3.63) is 29.7 Å². The second-order valence-electron chi connectivity index (χ2n) is 12.2. The quantitative estimate of drug-likeness (QED) is 0.152. The van der Waals surface area contributed by atoms with Crippen LogP contribution in [0.4, 0.5) is 0 Å². The number of rotatable bonds is 10. The molecule has 10 heteroatoms. The van der Waals surface area contributed by atoms with Crippen LogP contribution >= 0.6 is 0 Å². The molecule has 45 heavy (non-hydrogen) atoms. The fraction of sp³-hybridized carbons (Fsp3) is 0.886. The second kappa shape index (κ2) is 45.9. The van der Waals surface area contributed by atoms with Crippen molar-refractivity contribution >= 4 is 7.05 Å². The molecule has 0 aromatic heterocycles.